The van der Waals surface area contributed by atoms with Crippen LogP contribution in [0, 0.1) is 17.7 Å². The van der Waals surface area contributed by atoms with Crippen molar-refractivity contribution < 1.29 is 45.8 Å². The molecule has 13 nitrogen and oxygen atoms in total. The van der Waals surface area contributed by atoms with Crippen LogP contribution in [0.1, 0.15) is 47.2 Å². The lowest BCUT2D eigenvalue weighted by atomic mass is 10.1. The number of amides is 1. The number of carbonyl (C=O) groups is 2. The molecule has 5 N–H and O–H groups in total. The quantitative estimate of drug-likeness (QED) is 0.0420. The van der Waals surface area contributed by atoms with Gasteiger partial charge < -0.3 is 25.6 Å². The highest BCUT2D eigenvalue weighted by Crippen LogP contribution is 2.36. The van der Waals surface area contributed by atoms with Crippen LogP contribution in [0.2, 0.25) is 25.7 Å². The average molecular weight is 801 g/mol. The number of nitrogens with two attached hydrogens (primary N) is 1. The number of rotatable bonds is 20. The van der Waals surface area contributed by atoms with Crippen molar-refractivity contribution in [1.29, 1.82) is 0 Å². The van der Waals surface area contributed by atoms with E-state index in [1.807, 2.05) is 4.72 Å². The second-order valence-electron chi connectivity index (χ2n) is 13.6. The number of carboxylic acid groups (broad SMARTS) is 1. The fraction of sp³-hybridized carbons (Fsp3) is 0.351. The lowest BCUT2D eigenvalue weighted by molar-refractivity contribution is -0.137. The van der Waals surface area contributed by atoms with E-state index in [4.69, 9.17) is 20.3 Å². The molecule has 2 heterocycles. The van der Waals surface area contributed by atoms with Crippen molar-refractivity contribution in [2.75, 3.05) is 23.3 Å². The monoisotopic (exact) mass is 800 g/mol. The first kappa shape index (κ1) is 42.4. The van der Waals surface area contributed by atoms with Crippen molar-refractivity contribution in [2.24, 2.45) is 5.73 Å². The molecule has 0 spiro atoms. The van der Waals surface area contributed by atoms with Gasteiger partial charge in [-0.15, -0.1) is 0 Å². The highest BCUT2D eigenvalue weighted by Gasteiger charge is 2.28. The summed E-state index contributed by atoms with van der Waals surface area (Å²) in [5.74, 6) is 0.406. The van der Waals surface area contributed by atoms with E-state index in [0.29, 0.717) is 42.8 Å². The van der Waals surface area contributed by atoms with Gasteiger partial charge in [-0.05, 0) is 60.8 Å². The molecule has 0 atom stereocenters. The first-order chi connectivity index (χ1) is 26.0. The van der Waals surface area contributed by atoms with Gasteiger partial charge in [0.15, 0.2) is 0 Å². The van der Waals surface area contributed by atoms with Crippen molar-refractivity contribution in [2.45, 2.75) is 70.3 Å². The van der Waals surface area contributed by atoms with Gasteiger partial charge >= 0.3 is 11.7 Å². The molecule has 2 aromatic carbocycles. The van der Waals surface area contributed by atoms with Crippen molar-refractivity contribution in [1.82, 2.24) is 14.8 Å². The molecule has 4 aromatic rings. The Kier molecular flexibility index (Phi) is 14.8. The average Bonchev–Trinajstić information content (AvgIpc) is 3.47. The molecule has 0 aliphatic rings. The van der Waals surface area contributed by atoms with Crippen molar-refractivity contribution in [3.63, 3.8) is 0 Å². The summed E-state index contributed by atoms with van der Waals surface area (Å²) in [5.41, 5.74) is 7.17. The zero-order chi connectivity index (χ0) is 40.2. The van der Waals surface area contributed by atoms with Gasteiger partial charge in [0.25, 0.3) is 15.9 Å². The number of ether oxygens (including phenoxy) is 2. The molecule has 0 radical (unpaired) electrons. The van der Waals surface area contributed by atoms with E-state index in [-0.39, 0.29) is 60.3 Å². The number of nitrogens with one attached hydrogen (secondary N) is 2. The number of nitrogens with zero attached hydrogens (tertiary/aromatic N) is 3. The van der Waals surface area contributed by atoms with Crippen LogP contribution in [0.4, 0.5) is 30.5 Å². The zero-order valence-electron chi connectivity index (χ0n) is 30.6. The van der Waals surface area contributed by atoms with Crippen molar-refractivity contribution in [3.05, 3.63) is 83.3 Å². The van der Waals surface area contributed by atoms with Crippen LogP contribution in [0.15, 0.2) is 60.8 Å². The standard InChI is InChI=1S/C37H43F3N6O7SSi/c1-55(2,3)21-20-52-24-46-36(43-31-17-12-26(23-42-31)8-6-4-5-7-9-32(47)48)33(35(41)49)34(44-46)27-13-16-29(45-54(50,51)37(39)40)30(22-27)53-19-18-25-10-14-28(38)15-11-25/h10-17,22-23,37,45H,4-5,7,9,18-21,24H2,1-3H3,(H2,41,49)(H,42,43)(H,47,48). The van der Waals surface area contributed by atoms with E-state index in [1.54, 1.807) is 24.3 Å². The molecule has 55 heavy (non-hydrogen) atoms. The Bertz CT molecular complexity index is 2120. The normalized spacial score (nSPS) is 11.5. The van der Waals surface area contributed by atoms with E-state index in [2.05, 4.69) is 46.9 Å². The predicted molar refractivity (Wildman–Crippen MR) is 205 cm³/mol. The number of pyridine rings is 1. The van der Waals surface area contributed by atoms with Gasteiger partial charge in [0.05, 0.1) is 12.3 Å². The molecule has 0 unspecified atom stereocenters. The Labute approximate surface area is 318 Å². The number of anilines is 3. The first-order valence-electron chi connectivity index (χ1n) is 17.3. The number of benzene rings is 2. The first-order valence-corrected chi connectivity index (χ1v) is 22.5. The maximum Gasteiger partial charge on any atom is 0.355 e. The minimum Gasteiger partial charge on any atom is -0.491 e. The molecule has 0 saturated heterocycles. The fourth-order valence-corrected chi connectivity index (χ4v) is 6.29. The van der Waals surface area contributed by atoms with Crippen LogP contribution in [0.5, 0.6) is 5.75 Å². The minimum atomic E-state index is -5.09. The van der Waals surface area contributed by atoms with E-state index in [9.17, 15) is 31.2 Å². The van der Waals surface area contributed by atoms with Gasteiger partial charge in [-0.2, -0.15) is 13.9 Å². The third-order valence-corrected chi connectivity index (χ3v) is 10.6. The van der Waals surface area contributed by atoms with Gasteiger partial charge in [-0.1, -0.05) is 49.7 Å². The van der Waals surface area contributed by atoms with E-state index in [1.165, 1.54) is 41.2 Å². The summed E-state index contributed by atoms with van der Waals surface area (Å²) in [6.07, 6.45) is 3.57. The lowest BCUT2D eigenvalue weighted by Gasteiger charge is -2.16. The third kappa shape index (κ3) is 13.2. The number of aromatic nitrogens is 3. The number of primary amides is 1. The van der Waals surface area contributed by atoms with Gasteiger partial charge in [0, 0.05) is 51.3 Å². The summed E-state index contributed by atoms with van der Waals surface area (Å²) in [5, 5.41) is 16.5. The highest BCUT2D eigenvalue weighted by molar-refractivity contribution is 7.93. The molecule has 4 rings (SSSR count). The van der Waals surface area contributed by atoms with Crippen LogP contribution >= 0.6 is 0 Å². The van der Waals surface area contributed by atoms with Crippen LogP contribution in [-0.2, 0) is 32.7 Å². The summed E-state index contributed by atoms with van der Waals surface area (Å²) in [6.45, 7) is 6.87. The number of aliphatic carboxylic acids is 1. The van der Waals surface area contributed by atoms with E-state index < -0.39 is 41.5 Å². The number of sulfonamides is 1. The molecule has 0 saturated carbocycles. The number of halogens is 3. The molecule has 0 aliphatic heterocycles. The van der Waals surface area contributed by atoms with Gasteiger partial charge in [0.2, 0.25) is 0 Å². The van der Waals surface area contributed by atoms with Gasteiger partial charge in [-0.25, -0.2) is 22.5 Å². The molecular formula is C37H43F3N6O7SSi. The number of hydrogen-bond donors (Lipinski definition) is 4. The summed E-state index contributed by atoms with van der Waals surface area (Å²) < 4.78 is 79.5. The van der Waals surface area contributed by atoms with Gasteiger partial charge in [-0.3, -0.25) is 14.3 Å². The molecule has 1 amide bonds. The van der Waals surface area contributed by atoms with Crippen LogP contribution in [0.25, 0.3) is 11.3 Å². The Morgan fingerprint density at radius 3 is 2.44 bits per heavy atom. The number of unbranched alkanes of at least 4 members (excludes halogenated alkanes) is 2. The molecule has 2 aromatic heterocycles. The Morgan fingerprint density at radius 2 is 1.80 bits per heavy atom. The summed E-state index contributed by atoms with van der Waals surface area (Å²) >= 11 is 0. The fourth-order valence-electron chi connectivity index (χ4n) is 4.97. The number of alkyl halides is 2. The van der Waals surface area contributed by atoms with E-state index >= 15 is 0 Å². The Morgan fingerprint density at radius 1 is 1.05 bits per heavy atom. The maximum absolute atomic E-state index is 13.4. The number of hydrogen-bond acceptors (Lipinski definition) is 9. The topological polar surface area (TPSA) is 188 Å². The van der Waals surface area contributed by atoms with Crippen LogP contribution in [-0.4, -0.2) is 67.2 Å². The lowest BCUT2D eigenvalue weighted by Crippen LogP contribution is -2.22. The van der Waals surface area contributed by atoms with Gasteiger partial charge in [0.1, 0.15) is 41.2 Å². The smallest absolute Gasteiger partial charge is 0.355 e. The van der Waals surface area contributed by atoms with Crippen molar-refractivity contribution >= 4 is 47.3 Å². The number of carboxylic acids is 1. The van der Waals surface area contributed by atoms with E-state index in [0.717, 1.165) is 6.04 Å². The largest absolute Gasteiger partial charge is 0.491 e. The number of carbonyl (C=O) groups excluding carboxylic acids is 1. The SMILES string of the molecule is C[Si](C)(C)CCOCn1nc(-c2ccc(NS(=O)(=O)C(F)F)c(OCCc3ccc(F)cc3)c2)c(C(N)=O)c1Nc1ccc(C#CCCCCC(=O)O)cn1. The molecular weight excluding hydrogens is 758 g/mol. The zero-order valence-corrected chi connectivity index (χ0v) is 32.4. The van der Waals surface area contributed by atoms with Crippen LogP contribution in [0.3, 0.4) is 0 Å². The summed E-state index contributed by atoms with van der Waals surface area (Å²) in [6, 6.07) is 13.8. The third-order valence-electron chi connectivity index (χ3n) is 7.90. The molecule has 0 fully saturated rings. The van der Waals surface area contributed by atoms with Crippen molar-refractivity contribution in [3.8, 4) is 28.8 Å². The second-order valence-corrected chi connectivity index (χ2v) is 20.9. The Hall–Kier alpha value is -5.38. The minimum absolute atomic E-state index is 0.0515. The summed E-state index contributed by atoms with van der Waals surface area (Å²) in [4.78, 5) is 28.2. The second kappa shape index (κ2) is 19.3. The Balaban J connectivity index is 1.69. The highest BCUT2D eigenvalue weighted by atomic mass is 32.2. The summed E-state index contributed by atoms with van der Waals surface area (Å²) in [7, 11) is -6.55. The van der Waals surface area contributed by atoms with Crippen LogP contribution < -0.4 is 20.5 Å². The maximum atomic E-state index is 13.4. The molecule has 0 bridgehead atoms. The predicted octanol–water partition coefficient (Wildman–Crippen LogP) is 6.82. The molecule has 0 aliphatic carbocycles. The molecule has 18 heteroatoms. The molecule has 294 valence electrons.